The van der Waals surface area contributed by atoms with Gasteiger partial charge in [0.2, 0.25) is 0 Å². The summed E-state index contributed by atoms with van der Waals surface area (Å²) >= 11 is 6.27. The summed E-state index contributed by atoms with van der Waals surface area (Å²) in [6, 6.07) is 1.99. The number of rotatable bonds is 6. The standard InChI is InChI=1S/C18H23ClN4O2/c1-3-4-13-16(19)18(23-22-13)14(24)8-12-7-11(2)17(21-9-12)15-10-20-5-6-25-15/h7,9,15,20H,3-6,8,10H2,1-2H3,(H,22,23). The van der Waals surface area contributed by atoms with Crippen LogP contribution in [0.5, 0.6) is 0 Å². The van der Waals surface area contributed by atoms with Crippen LogP contribution >= 0.6 is 11.6 Å². The molecule has 134 valence electrons. The SMILES string of the molecule is CCCc1[nH]nc(C(=O)Cc2cnc(C3CNCCO3)c(C)c2)c1Cl. The zero-order valence-corrected chi connectivity index (χ0v) is 15.3. The molecule has 1 aliphatic heterocycles. The minimum atomic E-state index is -0.104. The lowest BCUT2D eigenvalue weighted by Crippen LogP contribution is -2.34. The number of H-pyrrole nitrogens is 1. The Morgan fingerprint density at radius 2 is 2.32 bits per heavy atom. The molecule has 25 heavy (non-hydrogen) atoms. The molecule has 3 heterocycles. The van der Waals surface area contributed by atoms with Crippen LogP contribution in [0.1, 0.15) is 52.5 Å². The number of halogens is 1. The molecule has 0 saturated carbocycles. The maximum Gasteiger partial charge on any atom is 0.189 e. The van der Waals surface area contributed by atoms with Gasteiger partial charge in [-0.3, -0.25) is 14.9 Å². The molecule has 7 heteroatoms. The molecule has 0 aromatic carbocycles. The molecule has 1 saturated heterocycles. The molecule has 1 unspecified atom stereocenters. The van der Waals surface area contributed by atoms with Crippen molar-refractivity contribution in [3.8, 4) is 0 Å². The summed E-state index contributed by atoms with van der Waals surface area (Å²) in [6.07, 6.45) is 3.66. The molecule has 0 bridgehead atoms. The molecule has 2 aromatic rings. The number of nitrogens with zero attached hydrogens (tertiary/aromatic N) is 2. The fourth-order valence-electron chi connectivity index (χ4n) is 3.05. The summed E-state index contributed by atoms with van der Waals surface area (Å²) in [5, 5.41) is 10.7. The van der Waals surface area contributed by atoms with Crippen molar-refractivity contribution in [2.45, 2.75) is 39.2 Å². The maximum atomic E-state index is 12.5. The first-order valence-corrected chi connectivity index (χ1v) is 9.01. The zero-order chi connectivity index (χ0) is 17.8. The molecule has 3 rings (SSSR count). The Kier molecular flexibility index (Phi) is 5.83. The molecule has 1 fully saturated rings. The first-order valence-electron chi connectivity index (χ1n) is 8.63. The fraction of sp³-hybridized carbons (Fsp3) is 0.500. The van der Waals surface area contributed by atoms with Gasteiger partial charge in [0.15, 0.2) is 5.78 Å². The largest absolute Gasteiger partial charge is 0.369 e. The second kappa shape index (κ2) is 8.08. The number of aromatic nitrogens is 3. The average Bonchev–Trinajstić information content (AvgIpc) is 2.97. The van der Waals surface area contributed by atoms with Crippen LogP contribution < -0.4 is 5.32 Å². The van der Waals surface area contributed by atoms with E-state index in [1.165, 1.54) is 0 Å². The van der Waals surface area contributed by atoms with Gasteiger partial charge in [-0.05, 0) is 24.5 Å². The molecule has 2 N–H and O–H groups in total. The Hall–Kier alpha value is -1.76. The van der Waals surface area contributed by atoms with Crippen LogP contribution in [0.25, 0.3) is 0 Å². The van der Waals surface area contributed by atoms with E-state index in [0.717, 1.165) is 48.4 Å². The summed E-state index contributed by atoms with van der Waals surface area (Å²) in [5.74, 6) is -0.104. The fourth-order valence-corrected chi connectivity index (χ4v) is 3.34. The van der Waals surface area contributed by atoms with Crippen molar-refractivity contribution >= 4 is 17.4 Å². The number of Topliss-reactive ketones (excluding diaryl/α,β-unsaturated/α-hetero) is 1. The first kappa shape index (κ1) is 18.0. The molecule has 0 spiro atoms. The number of aryl methyl sites for hydroxylation is 2. The van der Waals surface area contributed by atoms with Crippen molar-refractivity contribution in [1.82, 2.24) is 20.5 Å². The number of aromatic amines is 1. The van der Waals surface area contributed by atoms with Crippen molar-refractivity contribution in [2.24, 2.45) is 0 Å². The number of morpholine rings is 1. The van der Waals surface area contributed by atoms with E-state index in [1.807, 2.05) is 13.0 Å². The van der Waals surface area contributed by atoms with E-state index >= 15 is 0 Å². The topological polar surface area (TPSA) is 79.9 Å². The third-order valence-corrected chi connectivity index (χ3v) is 4.72. The average molecular weight is 363 g/mol. The second-order valence-electron chi connectivity index (χ2n) is 6.32. The Balaban J connectivity index is 1.72. The van der Waals surface area contributed by atoms with E-state index in [0.29, 0.717) is 17.3 Å². The minimum Gasteiger partial charge on any atom is -0.369 e. The number of ketones is 1. The highest BCUT2D eigenvalue weighted by Gasteiger charge is 2.21. The van der Waals surface area contributed by atoms with Gasteiger partial charge in [0.05, 0.1) is 23.0 Å². The van der Waals surface area contributed by atoms with Gasteiger partial charge < -0.3 is 10.1 Å². The van der Waals surface area contributed by atoms with Crippen molar-refractivity contribution in [2.75, 3.05) is 19.7 Å². The third-order valence-electron chi connectivity index (χ3n) is 4.31. The van der Waals surface area contributed by atoms with Crippen molar-refractivity contribution < 1.29 is 9.53 Å². The van der Waals surface area contributed by atoms with Gasteiger partial charge in [0.1, 0.15) is 11.8 Å². The number of hydrogen-bond donors (Lipinski definition) is 2. The zero-order valence-electron chi connectivity index (χ0n) is 14.6. The van der Waals surface area contributed by atoms with E-state index in [4.69, 9.17) is 16.3 Å². The molecule has 0 radical (unpaired) electrons. The predicted molar refractivity (Wildman–Crippen MR) is 96.2 cm³/mol. The normalized spacial score (nSPS) is 17.6. The number of ether oxygens (including phenoxy) is 1. The number of carbonyl (C=O) groups is 1. The lowest BCUT2D eigenvalue weighted by Gasteiger charge is -2.24. The Bertz CT molecular complexity index is 754. The van der Waals surface area contributed by atoms with Crippen LogP contribution in [0.4, 0.5) is 0 Å². The lowest BCUT2D eigenvalue weighted by atomic mass is 10.0. The van der Waals surface area contributed by atoms with Crippen LogP contribution in [-0.4, -0.2) is 40.7 Å². The van der Waals surface area contributed by atoms with E-state index in [2.05, 4.69) is 27.4 Å². The third kappa shape index (κ3) is 4.08. The van der Waals surface area contributed by atoms with Gasteiger partial charge in [0, 0.05) is 25.7 Å². The van der Waals surface area contributed by atoms with Crippen LogP contribution in [-0.2, 0) is 17.6 Å². The molecular weight excluding hydrogens is 340 g/mol. The summed E-state index contributed by atoms with van der Waals surface area (Å²) in [5.41, 5.74) is 3.93. The highest BCUT2D eigenvalue weighted by atomic mass is 35.5. The van der Waals surface area contributed by atoms with Gasteiger partial charge in [0.25, 0.3) is 0 Å². The summed E-state index contributed by atoms with van der Waals surface area (Å²) in [6.45, 7) is 6.36. The van der Waals surface area contributed by atoms with Gasteiger partial charge in [-0.25, -0.2) is 0 Å². The predicted octanol–water partition coefficient (Wildman–Crippen LogP) is 2.81. The molecule has 0 aliphatic carbocycles. The van der Waals surface area contributed by atoms with Crippen molar-refractivity contribution in [3.63, 3.8) is 0 Å². The second-order valence-corrected chi connectivity index (χ2v) is 6.70. The number of hydrogen-bond acceptors (Lipinski definition) is 5. The Morgan fingerprint density at radius 1 is 1.48 bits per heavy atom. The molecule has 2 aromatic heterocycles. The van der Waals surface area contributed by atoms with Crippen molar-refractivity contribution in [1.29, 1.82) is 0 Å². The number of carbonyl (C=O) groups excluding carboxylic acids is 1. The molecular formula is C18H23ClN4O2. The number of nitrogens with one attached hydrogen (secondary N) is 2. The van der Waals surface area contributed by atoms with E-state index < -0.39 is 0 Å². The first-order chi connectivity index (χ1) is 12.1. The molecule has 0 amide bonds. The quantitative estimate of drug-likeness (QED) is 0.772. The smallest absolute Gasteiger partial charge is 0.189 e. The van der Waals surface area contributed by atoms with Crippen LogP contribution in [0.2, 0.25) is 5.02 Å². The summed E-state index contributed by atoms with van der Waals surface area (Å²) < 4.78 is 5.75. The van der Waals surface area contributed by atoms with Crippen LogP contribution in [0.3, 0.4) is 0 Å². The minimum absolute atomic E-state index is 0.0316. The van der Waals surface area contributed by atoms with Crippen molar-refractivity contribution in [3.05, 3.63) is 45.5 Å². The van der Waals surface area contributed by atoms with Gasteiger partial charge in [-0.15, -0.1) is 0 Å². The van der Waals surface area contributed by atoms with Gasteiger partial charge >= 0.3 is 0 Å². The van der Waals surface area contributed by atoms with E-state index in [-0.39, 0.29) is 18.3 Å². The Morgan fingerprint density at radius 3 is 3.00 bits per heavy atom. The van der Waals surface area contributed by atoms with Gasteiger partial charge in [-0.1, -0.05) is 31.0 Å². The Labute approximate surface area is 152 Å². The molecule has 1 aliphatic rings. The highest BCUT2D eigenvalue weighted by molar-refractivity contribution is 6.34. The molecule has 6 nitrogen and oxygen atoms in total. The maximum absolute atomic E-state index is 12.5. The van der Waals surface area contributed by atoms with E-state index in [9.17, 15) is 4.79 Å². The highest BCUT2D eigenvalue weighted by Crippen LogP contribution is 2.23. The lowest BCUT2D eigenvalue weighted by molar-refractivity contribution is 0.0246. The molecule has 1 atom stereocenters. The monoisotopic (exact) mass is 362 g/mol. The van der Waals surface area contributed by atoms with Gasteiger partial charge in [-0.2, -0.15) is 5.10 Å². The summed E-state index contributed by atoms with van der Waals surface area (Å²) in [7, 11) is 0. The van der Waals surface area contributed by atoms with E-state index in [1.54, 1.807) is 6.20 Å². The van der Waals surface area contributed by atoms with Crippen LogP contribution in [0, 0.1) is 6.92 Å². The summed E-state index contributed by atoms with van der Waals surface area (Å²) in [4.78, 5) is 17.0. The van der Waals surface area contributed by atoms with Crippen LogP contribution in [0.15, 0.2) is 12.3 Å². The number of pyridine rings is 1.